The predicted molar refractivity (Wildman–Crippen MR) is 101 cm³/mol. The zero-order valence-electron chi connectivity index (χ0n) is 14.6. The third-order valence-electron chi connectivity index (χ3n) is 4.56. The number of hydrogen-bond acceptors (Lipinski definition) is 4. The highest BCUT2D eigenvalue weighted by atomic mass is 32.2. The maximum atomic E-state index is 13.8. The van der Waals surface area contributed by atoms with Crippen LogP contribution < -0.4 is 0 Å². The van der Waals surface area contributed by atoms with Gasteiger partial charge in [0.15, 0.2) is 11.6 Å². The molecule has 1 aromatic rings. The van der Waals surface area contributed by atoms with E-state index in [-0.39, 0.29) is 17.1 Å². The monoisotopic (exact) mass is 366 g/mol. The molecule has 0 heterocycles. The first kappa shape index (κ1) is 19.3. The normalized spacial score (nSPS) is 16.3. The number of Topliss-reactive ketones (excluding diaryl/α,β-unsaturated/α-hetero) is 2. The maximum absolute atomic E-state index is 13.8. The summed E-state index contributed by atoms with van der Waals surface area (Å²) in [5.41, 5.74) is 0.585. The molecule has 5 heteroatoms. The number of rotatable bonds is 6. The maximum Gasteiger partial charge on any atom is 0.198 e. The third kappa shape index (κ3) is 3.08. The molecule has 0 radical (unpaired) electrons. The molecule has 0 N–H and O–H groups in total. The molecule has 24 heavy (non-hydrogen) atoms. The molecule has 0 fully saturated rings. The van der Waals surface area contributed by atoms with E-state index in [1.807, 2.05) is 26.4 Å². The molecule has 0 spiro atoms. The number of thioether (sulfide) groups is 2. The first-order valence-corrected chi connectivity index (χ1v) is 10.6. The van der Waals surface area contributed by atoms with Gasteiger partial charge in [0.25, 0.3) is 0 Å². The molecule has 0 bridgehead atoms. The fourth-order valence-electron chi connectivity index (χ4n) is 3.67. The van der Waals surface area contributed by atoms with E-state index in [0.717, 1.165) is 17.1 Å². The summed E-state index contributed by atoms with van der Waals surface area (Å²) >= 11 is 2.81. The number of allylic oxidation sites excluding steroid dienone is 1. The van der Waals surface area contributed by atoms with E-state index in [0.29, 0.717) is 24.0 Å². The van der Waals surface area contributed by atoms with Gasteiger partial charge in [0.05, 0.1) is 15.2 Å². The summed E-state index contributed by atoms with van der Waals surface area (Å²) in [6.45, 7) is 4.08. The molecule has 0 saturated heterocycles. The zero-order chi connectivity index (χ0) is 17.9. The quantitative estimate of drug-likeness (QED) is 0.501. The van der Waals surface area contributed by atoms with Crippen LogP contribution in [0.15, 0.2) is 28.0 Å². The van der Waals surface area contributed by atoms with Crippen molar-refractivity contribution in [2.75, 3.05) is 12.5 Å². The van der Waals surface area contributed by atoms with Crippen molar-refractivity contribution in [3.8, 4) is 0 Å². The molecule has 1 aliphatic carbocycles. The first-order chi connectivity index (χ1) is 11.5. The van der Waals surface area contributed by atoms with Gasteiger partial charge in [-0.2, -0.15) is 0 Å². The van der Waals surface area contributed by atoms with Crippen LogP contribution in [0.3, 0.4) is 0 Å². The van der Waals surface area contributed by atoms with Gasteiger partial charge < -0.3 is 0 Å². The van der Waals surface area contributed by atoms with E-state index < -0.39 is 11.2 Å². The lowest BCUT2D eigenvalue weighted by atomic mass is 9.63. The highest BCUT2D eigenvalue weighted by Gasteiger charge is 2.48. The van der Waals surface area contributed by atoms with Gasteiger partial charge in [-0.25, -0.2) is 4.39 Å². The van der Waals surface area contributed by atoms with Gasteiger partial charge in [0.1, 0.15) is 5.82 Å². The molecule has 130 valence electrons. The van der Waals surface area contributed by atoms with E-state index in [2.05, 4.69) is 0 Å². The number of ketones is 2. The summed E-state index contributed by atoms with van der Waals surface area (Å²) < 4.78 is 14.5. The predicted octanol–water partition coefficient (Wildman–Crippen LogP) is 5.37. The molecule has 0 unspecified atom stereocenters. The summed E-state index contributed by atoms with van der Waals surface area (Å²) in [7, 11) is 0. The number of fused-ring (bicyclic) bond motifs is 1. The summed E-state index contributed by atoms with van der Waals surface area (Å²) in [6, 6.07) is 4.29. The molecule has 0 saturated carbocycles. The van der Waals surface area contributed by atoms with Crippen LogP contribution in [0.2, 0.25) is 0 Å². The van der Waals surface area contributed by atoms with Crippen LogP contribution in [0.4, 0.5) is 4.39 Å². The van der Waals surface area contributed by atoms with Crippen molar-refractivity contribution >= 4 is 35.1 Å². The number of hydrogen-bond donors (Lipinski definition) is 0. The SMILES string of the molecule is CCCC1(CCC)C(=O)C(=C(SC)SC)C(=O)c2cc(F)ccc21. The highest BCUT2D eigenvalue weighted by molar-refractivity contribution is 8.21. The summed E-state index contributed by atoms with van der Waals surface area (Å²) in [5.74, 6) is -0.863. The van der Waals surface area contributed by atoms with Crippen molar-refractivity contribution < 1.29 is 14.0 Å². The van der Waals surface area contributed by atoms with E-state index >= 15 is 0 Å². The Hall–Kier alpha value is -1.07. The summed E-state index contributed by atoms with van der Waals surface area (Å²) in [4.78, 5) is 26.4. The fourth-order valence-corrected chi connectivity index (χ4v) is 5.11. The molecule has 1 aliphatic rings. The van der Waals surface area contributed by atoms with Crippen molar-refractivity contribution in [3.05, 3.63) is 45.0 Å². The van der Waals surface area contributed by atoms with Crippen molar-refractivity contribution in [2.24, 2.45) is 0 Å². The Morgan fingerprint density at radius 1 is 1.08 bits per heavy atom. The molecule has 2 rings (SSSR count). The second-order valence-electron chi connectivity index (χ2n) is 6.00. The summed E-state index contributed by atoms with van der Waals surface area (Å²) in [6.07, 6.45) is 6.73. The molecule has 0 amide bonds. The minimum absolute atomic E-state index is 0.0889. The third-order valence-corrected chi connectivity index (χ3v) is 6.71. The Morgan fingerprint density at radius 3 is 2.17 bits per heavy atom. The molecule has 0 aliphatic heterocycles. The van der Waals surface area contributed by atoms with Crippen LogP contribution in [-0.4, -0.2) is 24.1 Å². The average Bonchev–Trinajstić information content (AvgIpc) is 2.57. The van der Waals surface area contributed by atoms with Crippen molar-refractivity contribution in [3.63, 3.8) is 0 Å². The number of carbonyl (C=O) groups is 2. The van der Waals surface area contributed by atoms with E-state index in [9.17, 15) is 14.0 Å². The Bertz CT molecular complexity index is 683. The molecular formula is C19H23FO2S2. The minimum atomic E-state index is -0.716. The van der Waals surface area contributed by atoms with Crippen molar-refractivity contribution in [1.29, 1.82) is 0 Å². The lowest BCUT2D eigenvalue weighted by Gasteiger charge is -2.38. The molecule has 0 atom stereocenters. The summed E-state index contributed by atoms with van der Waals surface area (Å²) in [5, 5.41) is 0. The Balaban J connectivity index is 2.84. The van der Waals surface area contributed by atoms with Crippen molar-refractivity contribution in [2.45, 2.75) is 44.9 Å². The number of benzene rings is 1. The van der Waals surface area contributed by atoms with Crippen LogP contribution in [0.5, 0.6) is 0 Å². The number of carbonyl (C=O) groups excluding carboxylic acids is 2. The van der Waals surface area contributed by atoms with Gasteiger partial charge >= 0.3 is 0 Å². The lowest BCUT2D eigenvalue weighted by molar-refractivity contribution is -0.121. The molecule has 2 nitrogen and oxygen atoms in total. The van der Waals surface area contributed by atoms with Gasteiger partial charge in [-0.05, 0) is 43.0 Å². The van der Waals surface area contributed by atoms with Crippen LogP contribution in [0.25, 0.3) is 0 Å². The Kier molecular flexibility index (Phi) is 6.32. The zero-order valence-corrected chi connectivity index (χ0v) is 16.2. The van der Waals surface area contributed by atoms with Crippen molar-refractivity contribution in [1.82, 2.24) is 0 Å². The van der Waals surface area contributed by atoms with Gasteiger partial charge in [-0.1, -0.05) is 32.8 Å². The van der Waals surface area contributed by atoms with Crippen LogP contribution in [-0.2, 0) is 10.2 Å². The first-order valence-electron chi connectivity index (χ1n) is 8.18. The standard InChI is InChI=1S/C19H23FO2S2/c1-5-9-19(10-6-2)14-8-7-12(20)11-13(14)16(21)15(17(19)22)18(23-3)24-4/h7-8,11H,5-6,9-10H2,1-4H3. The average molecular weight is 367 g/mol. The van der Waals surface area contributed by atoms with E-state index in [4.69, 9.17) is 0 Å². The second-order valence-corrected chi connectivity index (χ2v) is 7.89. The van der Waals surface area contributed by atoms with Crippen LogP contribution in [0, 0.1) is 5.82 Å². The lowest BCUT2D eigenvalue weighted by Crippen LogP contribution is -2.44. The largest absolute Gasteiger partial charge is 0.293 e. The van der Waals surface area contributed by atoms with Gasteiger partial charge in [-0.3, -0.25) is 9.59 Å². The van der Waals surface area contributed by atoms with Gasteiger partial charge in [-0.15, -0.1) is 23.5 Å². The van der Waals surface area contributed by atoms with Crippen LogP contribution >= 0.6 is 23.5 Å². The minimum Gasteiger partial charge on any atom is -0.293 e. The van der Waals surface area contributed by atoms with Gasteiger partial charge in [0, 0.05) is 5.56 Å². The smallest absolute Gasteiger partial charge is 0.198 e. The highest BCUT2D eigenvalue weighted by Crippen LogP contribution is 2.46. The molecule has 1 aromatic carbocycles. The molecule has 0 aromatic heterocycles. The van der Waals surface area contributed by atoms with Crippen LogP contribution in [0.1, 0.15) is 55.5 Å². The fraction of sp³-hybridized carbons (Fsp3) is 0.474. The Labute approximate surface area is 151 Å². The van der Waals surface area contributed by atoms with Gasteiger partial charge in [0.2, 0.25) is 0 Å². The van der Waals surface area contributed by atoms with E-state index in [1.165, 1.54) is 35.7 Å². The molecular weight excluding hydrogens is 343 g/mol. The Morgan fingerprint density at radius 2 is 1.67 bits per heavy atom. The second kappa shape index (κ2) is 7.87. The topological polar surface area (TPSA) is 34.1 Å². The van der Waals surface area contributed by atoms with E-state index in [1.54, 1.807) is 6.07 Å². The number of halogens is 1.